The molecule has 18 heavy (non-hydrogen) atoms. The van der Waals surface area contributed by atoms with E-state index in [-0.39, 0.29) is 0 Å². The molecule has 0 bridgehead atoms. The first-order valence-electron chi connectivity index (χ1n) is 7.12. The Balaban J connectivity index is 1.91. The third-order valence-corrected chi connectivity index (χ3v) is 4.15. The molecule has 1 aromatic heterocycles. The molecule has 0 amide bonds. The molecule has 4 nitrogen and oxygen atoms in total. The van der Waals surface area contributed by atoms with Crippen LogP contribution in [-0.4, -0.2) is 33.8 Å². The smallest absolute Gasteiger partial charge is 0.0764 e. The quantitative estimate of drug-likeness (QED) is 0.889. The Bertz CT molecular complexity index is 374. The second-order valence-corrected chi connectivity index (χ2v) is 5.71. The Kier molecular flexibility index (Phi) is 4.40. The second kappa shape index (κ2) is 5.85. The van der Waals surface area contributed by atoms with Crippen LogP contribution in [0.4, 0.5) is 0 Å². The van der Waals surface area contributed by atoms with E-state index in [1.54, 1.807) is 0 Å². The van der Waals surface area contributed by atoms with Gasteiger partial charge in [0.05, 0.1) is 5.69 Å². The van der Waals surface area contributed by atoms with E-state index in [4.69, 9.17) is 5.73 Å². The van der Waals surface area contributed by atoms with Crippen LogP contribution >= 0.6 is 0 Å². The van der Waals surface area contributed by atoms with Gasteiger partial charge in [-0.3, -0.25) is 9.58 Å². The maximum atomic E-state index is 6.05. The van der Waals surface area contributed by atoms with Crippen molar-refractivity contribution in [2.24, 2.45) is 11.7 Å². The van der Waals surface area contributed by atoms with Crippen LogP contribution in [0.5, 0.6) is 0 Å². The molecule has 0 saturated carbocycles. The molecule has 0 spiro atoms. The van der Waals surface area contributed by atoms with E-state index in [0.29, 0.717) is 18.0 Å². The number of hydrogen-bond acceptors (Lipinski definition) is 3. The predicted molar refractivity (Wildman–Crippen MR) is 74.3 cm³/mol. The molecule has 4 heteroatoms. The van der Waals surface area contributed by atoms with Crippen molar-refractivity contribution in [3.05, 3.63) is 18.0 Å². The fourth-order valence-electron chi connectivity index (χ4n) is 2.52. The van der Waals surface area contributed by atoms with Crippen molar-refractivity contribution in [2.75, 3.05) is 13.1 Å². The van der Waals surface area contributed by atoms with Crippen molar-refractivity contribution in [1.82, 2.24) is 14.7 Å². The number of rotatable bonds is 4. The number of nitrogens with two attached hydrogens (primary N) is 1. The molecular formula is C14H26N4. The summed E-state index contributed by atoms with van der Waals surface area (Å²) in [5.74, 6) is 0.593. The first-order valence-corrected chi connectivity index (χ1v) is 7.12. The highest BCUT2D eigenvalue weighted by Gasteiger charge is 2.23. The van der Waals surface area contributed by atoms with E-state index in [0.717, 1.165) is 32.5 Å². The summed E-state index contributed by atoms with van der Waals surface area (Å²) >= 11 is 0. The van der Waals surface area contributed by atoms with Crippen LogP contribution in [0, 0.1) is 5.92 Å². The molecule has 1 aliphatic rings. The van der Waals surface area contributed by atoms with Gasteiger partial charge in [0.15, 0.2) is 0 Å². The lowest BCUT2D eigenvalue weighted by Gasteiger charge is -2.34. The van der Waals surface area contributed by atoms with Crippen molar-refractivity contribution in [2.45, 2.75) is 52.2 Å². The Labute approximate surface area is 110 Å². The van der Waals surface area contributed by atoms with Crippen LogP contribution in [0.2, 0.25) is 0 Å². The molecule has 0 aromatic carbocycles. The Morgan fingerprint density at radius 2 is 2.33 bits per heavy atom. The zero-order valence-corrected chi connectivity index (χ0v) is 11.8. The third-order valence-electron chi connectivity index (χ3n) is 4.15. The summed E-state index contributed by atoms with van der Waals surface area (Å²) in [6, 6.07) is 3.01. The van der Waals surface area contributed by atoms with E-state index in [1.807, 2.05) is 0 Å². The Morgan fingerprint density at radius 1 is 1.56 bits per heavy atom. The lowest BCUT2D eigenvalue weighted by molar-refractivity contribution is 0.156. The molecule has 1 aromatic rings. The molecule has 0 aliphatic carbocycles. The monoisotopic (exact) mass is 250 g/mol. The van der Waals surface area contributed by atoms with Crippen molar-refractivity contribution in [3.63, 3.8) is 0 Å². The number of aromatic nitrogens is 2. The van der Waals surface area contributed by atoms with Crippen molar-refractivity contribution in [3.8, 4) is 0 Å². The second-order valence-electron chi connectivity index (χ2n) is 5.71. The van der Waals surface area contributed by atoms with Crippen LogP contribution in [0.15, 0.2) is 12.3 Å². The summed E-state index contributed by atoms with van der Waals surface area (Å²) in [7, 11) is 0. The predicted octanol–water partition coefficient (Wildman–Crippen LogP) is 2.02. The molecule has 2 rings (SSSR count). The summed E-state index contributed by atoms with van der Waals surface area (Å²) in [4.78, 5) is 2.47. The van der Waals surface area contributed by atoms with E-state index >= 15 is 0 Å². The highest BCUT2D eigenvalue weighted by molar-refractivity contribution is 5.00. The van der Waals surface area contributed by atoms with E-state index in [2.05, 4.69) is 47.7 Å². The highest BCUT2D eigenvalue weighted by atomic mass is 15.3. The zero-order chi connectivity index (χ0) is 13.1. The minimum absolute atomic E-state index is 0.374. The maximum Gasteiger partial charge on any atom is 0.0764 e. The molecule has 102 valence electrons. The standard InChI is InChI=1S/C14H26N4/c1-4-12(3)18-8-5-13(16-18)10-17-7-6-14(15)11(2)9-17/h5,8,11-12,14H,4,6-7,9-10,15H2,1-3H3. The number of nitrogens with zero attached hydrogens (tertiary/aromatic N) is 3. The van der Waals surface area contributed by atoms with Crippen molar-refractivity contribution in [1.29, 1.82) is 0 Å². The topological polar surface area (TPSA) is 47.1 Å². The zero-order valence-electron chi connectivity index (χ0n) is 11.8. The number of piperidine rings is 1. The van der Waals surface area contributed by atoms with Crippen LogP contribution in [-0.2, 0) is 6.54 Å². The minimum atomic E-state index is 0.374. The summed E-state index contributed by atoms with van der Waals surface area (Å²) in [5, 5.41) is 4.66. The van der Waals surface area contributed by atoms with Crippen molar-refractivity contribution < 1.29 is 0 Å². The van der Waals surface area contributed by atoms with Gasteiger partial charge in [-0.05, 0) is 31.7 Å². The molecule has 3 atom stereocenters. The molecule has 2 N–H and O–H groups in total. The fraction of sp³-hybridized carbons (Fsp3) is 0.786. The molecular weight excluding hydrogens is 224 g/mol. The molecule has 3 unspecified atom stereocenters. The molecule has 1 fully saturated rings. The van der Waals surface area contributed by atoms with Crippen LogP contribution in [0.1, 0.15) is 45.3 Å². The van der Waals surface area contributed by atoms with Crippen molar-refractivity contribution >= 4 is 0 Å². The maximum absolute atomic E-state index is 6.05. The Hall–Kier alpha value is -0.870. The summed E-state index contributed by atoms with van der Waals surface area (Å²) < 4.78 is 2.08. The number of likely N-dealkylation sites (tertiary alicyclic amines) is 1. The van der Waals surface area contributed by atoms with Gasteiger partial charge < -0.3 is 5.73 Å². The van der Waals surface area contributed by atoms with Gasteiger partial charge >= 0.3 is 0 Å². The molecule has 1 aliphatic heterocycles. The average molecular weight is 250 g/mol. The fourth-order valence-corrected chi connectivity index (χ4v) is 2.52. The molecule has 1 saturated heterocycles. The number of hydrogen-bond donors (Lipinski definition) is 1. The van der Waals surface area contributed by atoms with Gasteiger partial charge in [-0.25, -0.2) is 0 Å². The van der Waals surface area contributed by atoms with Crippen LogP contribution < -0.4 is 5.73 Å². The van der Waals surface area contributed by atoms with Crippen LogP contribution in [0.3, 0.4) is 0 Å². The Morgan fingerprint density at radius 3 is 3.00 bits per heavy atom. The van der Waals surface area contributed by atoms with Crippen LogP contribution in [0.25, 0.3) is 0 Å². The normalized spacial score (nSPS) is 27.3. The highest BCUT2D eigenvalue weighted by Crippen LogP contribution is 2.17. The summed E-state index contributed by atoms with van der Waals surface area (Å²) in [5.41, 5.74) is 7.23. The molecule has 0 radical (unpaired) electrons. The van der Waals surface area contributed by atoms with E-state index < -0.39 is 0 Å². The lowest BCUT2D eigenvalue weighted by atomic mass is 9.95. The van der Waals surface area contributed by atoms with Gasteiger partial charge in [0.25, 0.3) is 0 Å². The largest absolute Gasteiger partial charge is 0.327 e. The van der Waals surface area contributed by atoms with E-state index in [9.17, 15) is 0 Å². The molecule has 2 heterocycles. The van der Waals surface area contributed by atoms with Gasteiger partial charge in [0, 0.05) is 37.9 Å². The third kappa shape index (κ3) is 3.12. The van der Waals surface area contributed by atoms with Gasteiger partial charge in [-0.15, -0.1) is 0 Å². The SMILES string of the molecule is CCC(C)n1ccc(CN2CCC(N)C(C)C2)n1. The van der Waals surface area contributed by atoms with Gasteiger partial charge in [0.1, 0.15) is 0 Å². The minimum Gasteiger partial charge on any atom is -0.327 e. The first kappa shape index (κ1) is 13.6. The summed E-state index contributed by atoms with van der Waals surface area (Å²) in [6.07, 6.45) is 4.33. The average Bonchev–Trinajstić information content (AvgIpc) is 2.81. The van der Waals surface area contributed by atoms with E-state index in [1.165, 1.54) is 5.69 Å². The van der Waals surface area contributed by atoms with Gasteiger partial charge in [-0.2, -0.15) is 5.10 Å². The summed E-state index contributed by atoms with van der Waals surface area (Å²) in [6.45, 7) is 9.80. The van der Waals surface area contributed by atoms with Gasteiger partial charge in [0.2, 0.25) is 0 Å². The van der Waals surface area contributed by atoms with Gasteiger partial charge in [-0.1, -0.05) is 13.8 Å². The first-order chi connectivity index (χ1) is 8.60. The lowest BCUT2D eigenvalue weighted by Crippen LogP contribution is -2.45.